The fourth-order valence-corrected chi connectivity index (χ4v) is 3.71. The molecule has 1 N–H and O–H groups in total. The molecule has 4 aromatic rings. The van der Waals surface area contributed by atoms with Crippen LogP contribution < -0.4 is 5.32 Å². The molecule has 0 spiro atoms. The van der Waals surface area contributed by atoms with E-state index in [1.165, 1.54) is 23.9 Å². The van der Waals surface area contributed by atoms with E-state index in [1.54, 1.807) is 12.1 Å². The molecule has 0 atom stereocenters. The molecule has 0 aliphatic heterocycles. The third-order valence-electron chi connectivity index (χ3n) is 4.40. The van der Waals surface area contributed by atoms with E-state index < -0.39 is 5.82 Å². The normalized spacial score (nSPS) is 10.7. The van der Waals surface area contributed by atoms with Crippen LogP contribution in [0.15, 0.2) is 84.0 Å². The molecule has 0 radical (unpaired) electrons. The Morgan fingerprint density at radius 3 is 2.50 bits per heavy atom. The summed E-state index contributed by atoms with van der Waals surface area (Å²) in [5, 5.41) is 12.0. The van der Waals surface area contributed by atoms with Crippen molar-refractivity contribution < 1.29 is 9.18 Å². The standard InChI is InChI=1S/C23H19FN4OS/c1-16-10-12-20(13-11-16)28-22(17-6-3-2-4-7-17)26-27-23(28)30-15-21(29)25-19-9-5-8-18(24)14-19/h2-14H,15H2,1H3,(H,25,29). The zero-order valence-electron chi connectivity index (χ0n) is 16.2. The van der Waals surface area contributed by atoms with E-state index in [0.717, 1.165) is 16.8 Å². The van der Waals surface area contributed by atoms with Crippen LogP contribution in [-0.4, -0.2) is 26.4 Å². The first-order valence-electron chi connectivity index (χ1n) is 9.36. The van der Waals surface area contributed by atoms with Crippen LogP contribution in [0.4, 0.5) is 10.1 Å². The highest BCUT2D eigenvalue weighted by Crippen LogP contribution is 2.28. The maximum Gasteiger partial charge on any atom is 0.234 e. The van der Waals surface area contributed by atoms with Gasteiger partial charge in [0.05, 0.1) is 5.75 Å². The van der Waals surface area contributed by atoms with Crippen molar-refractivity contribution in [2.45, 2.75) is 12.1 Å². The van der Waals surface area contributed by atoms with E-state index in [9.17, 15) is 9.18 Å². The second-order valence-electron chi connectivity index (χ2n) is 6.69. The number of carbonyl (C=O) groups is 1. The average molecular weight is 418 g/mol. The monoisotopic (exact) mass is 418 g/mol. The van der Waals surface area contributed by atoms with Crippen molar-refractivity contribution in [1.82, 2.24) is 14.8 Å². The fourth-order valence-electron chi connectivity index (χ4n) is 2.96. The molecule has 7 heteroatoms. The number of hydrogen-bond donors (Lipinski definition) is 1. The van der Waals surface area contributed by atoms with Crippen LogP contribution in [0.2, 0.25) is 0 Å². The number of aromatic nitrogens is 3. The molecule has 0 aliphatic carbocycles. The number of benzene rings is 3. The zero-order chi connectivity index (χ0) is 20.9. The van der Waals surface area contributed by atoms with Gasteiger partial charge in [0, 0.05) is 16.9 Å². The summed E-state index contributed by atoms with van der Waals surface area (Å²) in [4.78, 5) is 12.4. The lowest BCUT2D eigenvalue weighted by Gasteiger charge is -2.11. The van der Waals surface area contributed by atoms with Gasteiger partial charge in [-0.25, -0.2) is 4.39 Å². The predicted molar refractivity (Wildman–Crippen MR) is 117 cm³/mol. The van der Waals surface area contributed by atoms with Crippen LogP contribution in [0.25, 0.3) is 17.1 Å². The van der Waals surface area contributed by atoms with E-state index in [1.807, 2.05) is 66.1 Å². The highest BCUT2D eigenvalue weighted by atomic mass is 32.2. The second-order valence-corrected chi connectivity index (χ2v) is 7.63. The molecule has 0 unspecified atom stereocenters. The zero-order valence-corrected chi connectivity index (χ0v) is 17.1. The van der Waals surface area contributed by atoms with Crippen molar-refractivity contribution in [2.75, 3.05) is 11.1 Å². The van der Waals surface area contributed by atoms with E-state index in [-0.39, 0.29) is 11.7 Å². The number of nitrogens with one attached hydrogen (secondary N) is 1. The minimum absolute atomic E-state index is 0.120. The first-order valence-corrected chi connectivity index (χ1v) is 10.3. The summed E-state index contributed by atoms with van der Waals surface area (Å²) in [6.07, 6.45) is 0. The molecule has 5 nitrogen and oxygen atoms in total. The second kappa shape index (κ2) is 8.92. The van der Waals surface area contributed by atoms with Crippen LogP contribution in [-0.2, 0) is 4.79 Å². The number of anilines is 1. The Labute approximate surface area is 178 Å². The molecule has 150 valence electrons. The number of hydrogen-bond acceptors (Lipinski definition) is 4. The summed E-state index contributed by atoms with van der Waals surface area (Å²) >= 11 is 1.28. The number of thioether (sulfide) groups is 1. The highest BCUT2D eigenvalue weighted by molar-refractivity contribution is 7.99. The van der Waals surface area contributed by atoms with Gasteiger partial charge in [-0.2, -0.15) is 0 Å². The maximum atomic E-state index is 13.3. The van der Waals surface area contributed by atoms with Gasteiger partial charge >= 0.3 is 0 Å². The summed E-state index contributed by atoms with van der Waals surface area (Å²) in [6, 6.07) is 23.7. The van der Waals surface area contributed by atoms with Crippen LogP contribution >= 0.6 is 11.8 Å². The van der Waals surface area contributed by atoms with Crippen LogP contribution in [0.5, 0.6) is 0 Å². The first-order chi connectivity index (χ1) is 14.6. The molecule has 0 aliphatic rings. The quantitative estimate of drug-likeness (QED) is 0.442. The molecule has 1 amide bonds. The highest BCUT2D eigenvalue weighted by Gasteiger charge is 2.17. The number of halogens is 1. The van der Waals surface area contributed by atoms with Crippen molar-refractivity contribution >= 4 is 23.4 Å². The number of nitrogens with zero attached hydrogens (tertiary/aromatic N) is 3. The molecule has 3 aromatic carbocycles. The number of rotatable bonds is 6. The van der Waals surface area contributed by atoms with Crippen LogP contribution in [0, 0.1) is 12.7 Å². The lowest BCUT2D eigenvalue weighted by Crippen LogP contribution is -2.14. The molecule has 0 saturated heterocycles. The largest absolute Gasteiger partial charge is 0.325 e. The Morgan fingerprint density at radius 1 is 1.00 bits per heavy atom. The lowest BCUT2D eigenvalue weighted by molar-refractivity contribution is -0.113. The van der Waals surface area contributed by atoms with Gasteiger partial charge in [0.15, 0.2) is 11.0 Å². The number of carbonyl (C=O) groups excluding carboxylic acids is 1. The van der Waals surface area contributed by atoms with Crippen LogP contribution in [0.3, 0.4) is 0 Å². The molecule has 1 aromatic heterocycles. The lowest BCUT2D eigenvalue weighted by atomic mass is 10.2. The molecular weight excluding hydrogens is 399 g/mol. The molecule has 30 heavy (non-hydrogen) atoms. The van der Waals surface area contributed by atoms with Gasteiger partial charge in [-0.3, -0.25) is 9.36 Å². The predicted octanol–water partition coefficient (Wildman–Crippen LogP) is 5.11. The minimum Gasteiger partial charge on any atom is -0.325 e. The van der Waals surface area contributed by atoms with Gasteiger partial charge in [0.1, 0.15) is 5.82 Å². The molecule has 0 bridgehead atoms. The minimum atomic E-state index is -0.396. The smallest absolute Gasteiger partial charge is 0.234 e. The van der Waals surface area contributed by atoms with Gasteiger partial charge in [-0.05, 0) is 37.3 Å². The summed E-state index contributed by atoms with van der Waals surface area (Å²) in [5.74, 6) is 0.180. The third-order valence-corrected chi connectivity index (χ3v) is 5.33. The van der Waals surface area contributed by atoms with Crippen molar-refractivity contribution in [3.63, 3.8) is 0 Å². The van der Waals surface area contributed by atoms with Crippen molar-refractivity contribution in [3.8, 4) is 17.1 Å². The molecule has 1 heterocycles. The van der Waals surface area contributed by atoms with Crippen molar-refractivity contribution in [2.24, 2.45) is 0 Å². The Bertz CT molecular complexity index is 1160. The topological polar surface area (TPSA) is 59.8 Å². The Morgan fingerprint density at radius 2 is 1.77 bits per heavy atom. The van der Waals surface area contributed by atoms with Gasteiger partial charge < -0.3 is 5.32 Å². The molecular formula is C23H19FN4OS. The summed E-state index contributed by atoms with van der Waals surface area (Å²) in [7, 11) is 0. The van der Waals surface area contributed by atoms with Crippen LogP contribution in [0.1, 0.15) is 5.56 Å². The SMILES string of the molecule is Cc1ccc(-n2c(SCC(=O)Nc3cccc(F)c3)nnc2-c2ccccc2)cc1. The van der Waals surface area contributed by atoms with Gasteiger partial charge in [-0.15, -0.1) is 10.2 Å². The van der Waals surface area contributed by atoms with Gasteiger partial charge in [0.2, 0.25) is 5.91 Å². The van der Waals surface area contributed by atoms with E-state index in [0.29, 0.717) is 16.7 Å². The van der Waals surface area contributed by atoms with E-state index >= 15 is 0 Å². The maximum absolute atomic E-state index is 13.3. The molecule has 0 saturated carbocycles. The Hall–Kier alpha value is -3.45. The first kappa shape index (κ1) is 19.8. The van der Waals surface area contributed by atoms with Crippen molar-refractivity contribution in [1.29, 1.82) is 0 Å². The van der Waals surface area contributed by atoms with Crippen molar-refractivity contribution in [3.05, 3.63) is 90.2 Å². The third kappa shape index (κ3) is 4.58. The Balaban J connectivity index is 1.59. The molecule has 0 fully saturated rings. The number of amides is 1. The summed E-state index contributed by atoms with van der Waals surface area (Å²) in [6.45, 7) is 2.03. The average Bonchev–Trinajstić information content (AvgIpc) is 3.17. The fraction of sp³-hybridized carbons (Fsp3) is 0.0870. The van der Waals surface area contributed by atoms with Gasteiger partial charge in [0.25, 0.3) is 0 Å². The Kier molecular flexibility index (Phi) is 5.90. The van der Waals surface area contributed by atoms with E-state index in [4.69, 9.17) is 0 Å². The molecule has 4 rings (SSSR count). The summed E-state index contributed by atoms with van der Waals surface area (Å²) < 4.78 is 15.3. The summed E-state index contributed by atoms with van der Waals surface area (Å²) in [5.41, 5.74) is 3.42. The van der Waals surface area contributed by atoms with E-state index in [2.05, 4.69) is 15.5 Å². The van der Waals surface area contributed by atoms with Gasteiger partial charge in [-0.1, -0.05) is 65.9 Å². The number of aryl methyl sites for hydroxylation is 1.